The van der Waals surface area contributed by atoms with Crippen LogP contribution in [0.15, 0.2) is 0 Å². The zero-order chi connectivity index (χ0) is 9.10. The summed E-state index contributed by atoms with van der Waals surface area (Å²) in [5.41, 5.74) is 0.618. The van der Waals surface area contributed by atoms with Crippen molar-refractivity contribution >= 4 is 23.2 Å². The first kappa shape index (κ1) is 8.82. The van der Waals surface area contributed by atoms with E-state index in [0.29, 0.717) is 11.5 Å². The molecule has 0 aromatic carbocycles. The maximum atomic E-state index is 6.03. The lowest BCUT2D eigenvalue weighted by atomic mass is 9.68. The van der Waals surface area contributed by atoms with Crippen LogP contribution < -0.4 is 0 Å². The largest absolute Gasteiger partial charge is 0.297 e. The second-order valence-corrected chi connectivity index (χ2v) is 6.48. The van der Waals surface area contributed by atoms with Crippen molar-refractivity contribution in [3.63, 3.8) is 0 Å². The summed E-state index contributed by atoms with van der Waals surface area (Å²) in [4.78, 5) is 2.62. The topological polar surface area (TPSA) is 3.24 Å². The van der Waals surface area contributed by atoms with E-state index in [0.717, 1.165) is 13.0 Å². The smallest absolute Gasteiger partial charge is 0.122 e. The zero-order valence-electron chi connectivity index (χ0n) is 7.73. The molecule has 2 aliphatic carbocycles. The highest BCUT2D eigenvalue weighted by Gasteiger charge is 2.56. The standard InChI is InChI=1S/C10H15Cl2N/c11-10(12)6-8(10)7-13-5-4-9(13)2-1-3-9/h8H,1-7H2. The number of alkyl halides is 2. The summed E-state index contributed by atoms with van der Waals surface area (Å²) in [6.07, 6.45) is 6.67. The molecule has 1 nitrogen and oxygen atoms in total. The van der Waals surface area contributed by atoms with E-state index < -0.39 is 0 Å². The van der Waals surface area contributed by atoms with E-state index in [1.54, 1.807) is 0 Å². The third kappa shape index (κ3) is 1.24. The summed E-state index contributed by atoms with van der Waals surface area (Å²) in [6.45, 7) is 2.42. The van der Waals surface area contributed by atoms with E-state index in [4.69, 9.17) is 23.2 Å². The lowest BCUT2D eigenvalue weighted by Crippen LogP contribution is -2.64. The molecule has 1 saturated heterocycles. The normalized spacial score (nSPS) is 39.7. The van der Waals surface area contributed by atoms with Gasteiger partial charge in [0.15, 0.2) is 0 Å². The molecular weight excluding hydrogens is 205 g/mol. The molecule has 1 unspecified atom stereocenters. The van der Waals surface area contributed by atoms with Crippen molar-refractivity contribution in [3.05, 3.63) is 0 Å². The highest BCUT2D eigenvalue weighted by Crippen LogP contribution is 2.56. The minimum Gasteiger partial charge on any atom is -0.297 e. The van der Waals surface area contributed by atoms with E-state index in [-0.39, 0.29) is 4.33 Å². The molecule has 1 aliphatic heterocycles. The zero-order valence-corrected chi connectivity index (χ0v) is 9.24. The SMILES string of the molecule is ClC1(Cl)CC1CN1CCC12CCC2. The Labute approximate surface area is 89.4 Å². The molecule has 1 atom stereocenters. The van der Waals surface area contributed by atoms with Crippen LogP contribution >= 0.6 is 23.2 Å². The van der Waals surface area contributed by atoms with Gasteiger partial charge in [0, 0.05) is 24.5 Å². The fourth-order valence-corrected chi connectivity index (χ4v) is 3.27. The Morgan fingerprint density at radius 3 is 2.23 bits per heavy atom. The number of hydrogen-bond acceptors (Lipinski definition) is 1. The number of rotatable bonds is 2. The Morgan fingerprint density at radius 1 is 1.23 bits per heavy atom. The third-order valence-corrected chi connectivity index (χ3v) is 5.12. The molecule has 3 rings (SSSR count). The first-order chi connectivity index (χ1) is 6.12. The van der Waals surface area contributed by atoms with Gasteiger partial charge >= 0.3 is 0 Å². The molecule has 3 aliphatic rings. The van der Waals surface area contributed by atoms with Gasteiger partial charge in [-0.05, 0) is 32.1 Å². The predicted molar refractivity (Wildman–Crippen MR) is 55.3 cm³/mol. The summed E-state index contributed by atoms with van der Waals surface area (Å²) < 4.78 is -0.374. The Morgan fingerprint density at radius 2 is 1.92 bits per heavy atom. The maximum absolute atomic E-state index is 6.03. The van der Waals surface area contributed by atoms with Gasteiger partial charge in [0.05, 0.1) is 0 Å². The van der Waals surface area contributed by atoms with Gasteiger partial charge in [0.1, 0.15) is 4.33 Å². The molecule has 1 heterocycles. The number of halogens is 2. The van der Waals surface area contributed by atoms with Crippen molar-refractivity contribution in [2.75, 3.05) is 13.1 Å². The van der Waals surface area contributed by atoms with Crippen molar-refractivity contribution in [3.8, 4) is 0 Å². The molecule has 0 bridgehead atoms. The van der Waals surface area contributed by atoms with Gasteiger partial charge in [-0.2, -0.15) is 0 Å². The van der Waals surface area contributed by atoms with E-state index in [1.165, 1.54) is 32.2 Å². The fourth-order valence-electron chi connectivity index (χ4n) is 2.76. The Kier molecular flexibility index (Phi) is 1.74. The molecule has 13 heavy (non-hydrogen) atoms. The van der Waals surface area contributed by atoms with Crippen LogP contribution in [-0.2, 0) is 0 Å². The molecule has 74 valence electrons. The summed E-state index contributed by atoms with van der Waals surface area (Å²) in [6, 6.07) is 0. The molecule has 0 N–H and O–H groups in total. The van der Waals surface area contributed by atoms with Gasteiger partial charge in [0.2, 0.25) is 0 Å². The molecule has 3 heteroatoms. The first-order valence-electron chi connectivity index (χ1n) is 5.25. The van der Waals surface area contributed by atoms with Gasteiger partial charge in [0.25, 0.3) is 0 Å². The Balaban J connectivity index is 1.57. The molecule has 1 spiro atoms. The van der Waals surface area contributed by atoms with Crippen LogP contribution in [0.3, 0.4) is 0 Å². The quantitative estimate of drug-likeness (QED) is 0.647. The lowest BCUT2D eigenvalue weighted by molar-refractivity contribution is -0.0751. The van der Waals surface area contributed by atoms with Crippen LogP contribution in [0.2, 0.25) is 0 Å². The highest BCUT2D eigenvalue weighted by atomic mass is 35.5. The summed E-state index contributed by atoms with van der Waals surface area (Å²) in [5, 5.41) is 0. The Hall–Kier alpha value is 0.540. The second-order valence-electron chi connectivity index (χ2n) is 4.94. The van der Waals surface area contributed by atoms with Gasteiger partial charge in [-0.15, -0.1) is 23.2 Å². The minimum atomic E-state index is -0.374. The van der Waals surface area contributed by atoms with Crippen molar-refractivity contribution in [2.45, 2.75) is 42.0 Å². The molecular formula is C10H15Cl2N. The highest BCUT2D eigenvalue weighted by molar-refractivity contribution is 6.50. The fraction of sp³-hybridized carbons (Fsp3) is 1.00. The van der Waals surface area contributed by atoms with Crippen molar-refractivity contribution in [1.82, 2.24) is 4.90 Å². The van der Waals surface area contributed by atoms with Crippen LogP contribution in [0, 0.1) is 5.92 Å². The van der Waals surface area contributed by atoms with Crippen molar-refractivity contribution in [1.29, 1.82) is 0 Å². The van der Waals surface area contributed by atoms with Gasteiger partial charge < -0.3 is 0 Å². The number of hydrogen-bond donors (Lipinski definition) is 0. The van der Waals surface area contributed by atoms with Crippen LogP contribution in [-0.4, -0.2) is 27.9 Å². The summed E-state index contributed by atoms with van der Waals surface area (Å²) in [5.74, 6) is 0.550. The van der Waals surface area contributed by atoms with Gasteiger partial charge in [-0.3, -0.25) is 4.90 Å². The van der Waals surface area contributed by atoms with Crippen LogP contribution in [0.1, 0.15) is 32.1 Å². The number of nitrogens with zero attached hydrogens (tertiary/aromatic N) is 1. The van der Waals surface area contributed by atoms with Crippen molar-refractivity contribution < 1.29 is 0 Å². The van der Waals surface area contributed by atoms with Crippen molar-refractivity contribution in [2.24, 2.45) is 5.92 Å². The summed E-state index contributed by atoms with van der Waals surface area (Å²) in [7, 11) is 0. The Bertz CT molecular complexity index is 230. The van der Waals surface area contributed by atoms with Crippen LogP contribution in [0.5, 0.6) is 0 Å². The molecule has 3 fully saturated rings. The van der Waals surface area contributed by atoms with Gasteiger partial charge in [-0.25, -0.2) is 0 Å². The minimum absolute atomic E-state index is 0.374. The second kappa shape index (κ2) is 2.56. The average Bonchev–Trinajstić information content (AvgIpc) is 2.48. The van der Waals surface area contributed by atoms with Crippen LogP contribution in [0.4, 0.5) is 0 Å². The average molecular weight is 220 g/mol. The van der Waals surface area contributed by atoms with Crippen LogP contribution in [0.25, 0.3) is 0 Å². The summed E-state index contributed by atoms with van der Waals surface area (Å²) >= 11 is 12.1. The van der Waals surface area contributed by atoms with E-state index >= 15 is 0 Å². The first-order valence-corrected chi connectivity index (χ1v) is 6.01. The van der Waals surface area contributed by atoms with Gasteiger partial charge in [-0.1, -0.05) is 0 Å². The van der Waals surface area contributed by atoms with E-state index in [1.807, 2.05) is 0 Å². The molecule has 0 aromatic heterocycles. The van der Waals surface area contributed by atoms with E-state index in [9.17, 15) is 0 Å². The third-order valence-electron chi connectivity index (χ3n) is 4.20. The monoisotopic (exact) mass is 219 g/mol. The molecule has 0 aromatic rings. The predicted octanol–water partition coefficient (Wildman–Crippen LogP) is 2.81. The molecule has 0 radical (unpaired) electrons. The molecule has 0 amide bonds. The maximum Gasteiger partial charge on any atom is 0.122 e. The number of likely N-dealkylation sites (tertiary alicyclic amines) is 1. The van der Waals surface area contributed by atoms with E-state index in [2.05, 4.69) is 4.90 Å². The lowest BCUT2D eigenvalue weighted by Gasteiger charge is -2.59. The molecule has 2 saturated carbocycles.